The number of nitrogens with zero attached hydrogens (tertiary/aromatic N) is 1. The Morgan fingerprint density at radius 2 is 2.29 bits per heavy atom. The zero-order valence-electron chi connectivity index (χ0n) is 5.06. The molecule has 0 bridgehead atoms. The van der Waals surface area contributed by atoms with Gasteiger partial charge in [0.05, 0.1) is 5.04 Å². The number of thioether (sulfide) groups is 1. The Hall–Kier alpha value is 0.0200. The topological polar surface area (TPSA) is 12.4 Å². The van der Waals surface area contributed by atoms with Crippen molar-refractivity contribution in [3.05, 3.63) is 0 Å². The normalized spacial score (nSPS) is 12.1. The molecule has 0 aromatic rings. The van der Waals surface area contributed by atoms with Crippen molar-refractivity contribution in [2.75, 3.05) is 13.3 Å². The Bertz CT molecular complexity index is 62.5. The van der Waals surface area contributed by atoms with Crippen LogP contribution >= 0.6 is 11.8 Å². The zero-order valence-corrected chi connectivity index (χ0v) is 5.88. The SMILES string of the molecule is CC/C(=N\C)SC. The first-order chi connectivity index (χ1) is 3.35. The third-order valence-electron chi connectivity index (χ3n) is 0.787. The molecule has 0 aromatic carbocycles. The van der Waals surface area contributed by atoms with E-state index in [1.165, 1.54) is 5.04 Å². The molecule has 0 aromatic heterocycles. The summed E-state index contributed by atoms with van der Waals surface area (Å²) in [7, 11) is 1.83. The summed E-state index contributed by atoms with van der Waals surface area (Å²) in [6, 6.07) is 0. The number of hydrogen-bond acceptors (Lipinski definition) is 2. The number of rotatable bonds is 1. The highest BCUT2D eigenvalue weighted by atomic mass is 32.2. The highest BCUT2D eigenvalue weighted by Gasteiger charge is 1.85. The van der Waals surface area contributed by atoms with Crippen molar-refractivity contribution in [3.8, 4) is 0 Å². The van der Waals surface area contributed by atoms with Gasteiger partial charge in [-0.25, -0.2) is 0 Å². The molecule has 0 unspecified atom stereocenters. The Labute approximate surface area is 49.2 Å². The predicted molar refractivity (Wildman–Crippen MR) is 37.2 cm³/mol. The van der Waals surface area contributed by atoms with E-state index in [9.17, 15) is 0 Å². The fourth-order valence-corrected chi connectivity index (χ4v) is 0.865. The van der Waals surface area contributed by atoms with Crippen molar-refractivity contribution in [2.45, 2.75) is 13.3 Å². The summed E-state index contributed by atoms with van der Waals surface area (Å²) in [5, 5.41) is 1.22. The third kappa shape index (κ3) is 2.68. The molecule has 0 radical (unpaired) electrons. The smallest absolute Gasteiger partial charge is 0.0667 e. The summed E-state index contributed by atoms with van der Waals surface area (Å²) < 4.78 is 0. The summed E-state index contributed by atoms with van der Waals surface area (Å²) in [5.41, 5.74) is 0. The lowest BCUT2D eigenvalue weighted by Gasteiger charge is -1.91. The molecule has 0 fully saturated rings. The van der Waals surface area contributed by atoms with Crippen LogP contribution in [0, 0.1) is 0 Å². The van der Waals surface area contributed by atoms with Gasteiger partial charge in [-0.05, 0) is 12.7 Å². The van der Waals surface area contributed by atoms with Gasteiger partial charge in [-0.3, -0.25) is 4.99 Å². The Morgan fingerprint density at radius 3 is 2.29 bits per heavy atom. The van der Waals surface area contributed by atoms with Crippen molar-refractivity contribution in [2.24, 2.45) is 4.99 Å². The van der Waals surface area contributed by atoms with Gasteiger partial charge in [-0.1, -0.05) is 6.92 Å². The van der Waals surface area contributed by atoms with E-state index >= 15 is 0 Å². The largest absolute Gasteiger partial charge is 0.286 e. The van der Waals surface area contributed by atoms with E-state index in [-0.39, 0.29) is 0 Å². The summed E-state index contributed by atoms with van der Waals surface area (Å²) in [5.74, 6) is 0. The summed E-state index contributed by atoms with van der Waals surface area (Å²) in [6.45, 7) is 2.11. The van der Waals surface area contributed by atoms with Crippen LogP contribution in [-0.2, 0) is 0 Å². The highest BCUT2D eigenvalue weighted by molar-refractivity contribution is 8.13. The standard InChI is InChI=1S/C5H11NS/c1-4-5(6-2)7-3/h4H2,1-3H3/b6-5+. The molecule has 0 N–H and O–H groups in total. The second kappa shape index (κ2) is 4.19. The summed E-state index contributed by atoms with van der Waals surface area (Å²) >= 11 is 1.72. The van der Waals surface area contributed by atoms with Gasteiger partial charge in [0.2, 0.25) is 0 Å². The minimum atomic E-state index is 1.07. The molecule has 42 valence electrons. The fraction of sp³-hybridized carbons (Fsp3) is 0.800. The molecule has 0 heterocycles. The number of aliphatic imine (C=N–C) groups is 1. The molecule has 0 aliphatic heterocycles. The van der Waals surface area contributed by atoms with Crippen molar-refractivity contribution in [1.82, 2.24) is 0 Å². The van der Waals surface area contributed by atoms with Gasteiger partial charge in [0.15, 0.2) is 0 Å². The summed E-state index contributed by atoms with van der Waals surface area (Å²) in [6.07, 6.45) is 3.11. The molecule has 0 saturated heterocycles. The zero-order chi connectivity index (χ0) is 5.70. The van der Waals surface area contributed by atoms with Crippen molar-refractivity contribution in [1.29, 1.82) is 0 Å². The monoisotopic (exact) mass is 117 g/mol. The van der Waals surface area contributed by atoms with Crippen LogP contribution in [0.25, 0.3) is 0 Å². The van der Waals surface area contributed by atoms with E-state index in [4.69, 9.17) is 0 Å². The third-order valence-corrected chi connectivity index (χ3v) is 1.73. The first-order valence-corrected chi connectivity index (χ1v) is 3.57. The van der Waals surface area contributed by atoms with Gasteiger partial charge < -0.3 is 0 Å². The number of hydrogen-bond donors (Lipinski definition) is 0. The molecule has 0 aliphatic carbocycles. The molecule has 7 heavy (non-hydrogen) atoms. The maximum atomic E-state index is 4.00. The van der Waals surface area contributed by atoms with Crippen molar-refractivity contribution in [3.63, 3.8) is 0 Å². The van der Waals surface area contributed by atoms with Gasteiger partial charge in [-0.15, -0.1) is 11.8 Å². The molecule has 0 saturated carbocycles. The second-order valence-corrected chi connectivity index (χ2v) is 2.05. The Kier molecular flexibility index (Phi) is 4.20. The Balaban J connectivity index is 3.38. The minimum Gasteiger partial charge on any atom is -0.286 e. The Morgan fingerprint density at radius 1 is 1.71 bits per heavy atom. The first-order valence-electron chi connectivity index (χ1n) is 2.34. The quantitative estimate of drug-likeness (QED) is 0.377. The van der Waals surface area contributed by atoms with E-state index in [1.54, 1.807) is 11.8 Å². The van der Waals surface area contributed by atoms with Crippen LogP contribution in [-0.4, -0.2) is 18.3 Å². The lowest BCUT2D eigenvalue weighted by atomic mass is 10.5. The van der Waals surface area contributed by atoms with Crippen LogP contribution in [0.4, 0.5) is 0 Å². The van der Waals surface area contributed by atoms with Crippen LogP contribution in [0.1, 0.15) is 13.3 Å². The maximum absolute atomic E-state index is 4.00. The second-order valence-electron chi connectivity index (χ2n) is 1.18. The van der Waals surface area contributed by atoms with E-state index in [0.717, 1.165) is 6.42 Å². The van der Waals surface area contributed by atoms with E-state index in [1.807, 2.05) is 13.3 Å². The first kappa shape index (κ1) is 7.02. The van der Waals surface area contributed by atoms with E-state index in [0.29, 0.717) is 0 Å². The fourth-order valence-electron chi connectivity index (χ4n) is 0.394. The van der Waals surface area contributed by atoms with Gasteiger partial charge >= 0.3 is 0 Å². The highest BCUT2D eigenvalue weighted by Crippen LogP contribution is 1.99. The lowest BCUT2D eigenvalue weighted by molar-refractivity contribution is 1.28. The molecule has 0 spiro atoms. The molecular formula is C5H11NS. The molecule has 0 amide bonds. The van der Waals surface area contributed by atoms with E-state index in [2.05, 4.69) is 11.9 Å². The van der Waals surface area contributed by atoms with Crippen LogP contribution in [0.2, 0.25) is 0 Å². The van der Waals surface area contributed by atoms with Crippen molar-refractivity contribution >= 4 is 16.8 Å². The van der Waals surface area contributed by atoms with Gasteiger partial charge in [0, 0.05) is 7.05 Å². The van der Waals surface area contributed by atoms with Crippen LogP contribution < -0.4 is 0 Å². The maximum Gasteiger partial charge on any atom is 0.0667 e. The lowest BCUT2D eigenvalue weighted by Crippen LogP contribution is -1.84. The predicted octanol–water partition coefficient (Wildman–Crippen LogP) is 1.79. The van der Waals surface area contributed by atoms with Crippen LogP contribution in [0.5, 0.6) is 0 Å². The van der Waals surface area contributed by atoms with Crippen molar-refractivity contribution < 1.29 is 0 Å². The molecule has 1 nitrogen and oxygen atoms in total. The average Bonchev–Trinajstić information content (AvgIpc) is 1.72. The van der Waals surface area contributed by atoms with E-state index < -0.39 is 0 Å². The van der Waals surface area contributed by atoms with Gasteiger partial charge in [-0.2, -0.15) is 0 Å². The molecule has 0 aliphatic rings. The van der Waals surface area contributed by atoms with Gasteiger partial charge in [0.25, 0.3) is 0 Å². The average molecular weight is 117 g/mol. The summed E-state index contributed by atoms with van der Waals surface area (Å²) in [4.78, 5) is 4.00. The van der Waals surface area contributed by atoms with Crippen LogP contribution in [0.3, 0.4) is 0 Å². The van der Waals surface area contributed by atoms with Crippen LogP contribution in [0.15, 0.2) is 4.99 Å². The molecule has 0 rings (SSSR count). The molecule has 0 atom stereocenters. The molecular weight excluding hydrogens is 106 g/mol. The van der Waals surface area contributed by atoms with Gasteiger partial charge in [0.1, 0.15) is 0 Å². The minimum absolute atomic E-state index is 1.07. The molecule has 2 heteroatoms.